The third kappa shape index (κ3) is 6.26. The number of amides is 1. The summed E-state index contributed by atoms with van der Waals surface area (Å²) >= 11 is 0. The second-order valence-corrected chi connectivity index (χ2v) is 7.67. The number of phenolic OH excluding ortho intramolecular Hbond substituents is 1. The topological polar surface area (TPSA) is 86.4 Å². The molecule has 1 aromatic heterocycles. The fraction of sp³-hybridized carbons (Fsp3) is 0.375. The zero-order valence-electron chi connectivity index (χ0n) is 17.7. The molecule has 0 saturated carbocycles. The Morgan fingerprint density at radius 3 is 2.73 bits per heavy atom. The molecule has 0 aliphatic heterocycles. The number of ether oxygens (including phenoxy) is 1. The number of rotatable bonds is 11. The molecule has 6 nitrogen and oxygen atoms in total. The van der Waals surface area contributed by atoms with E-state index in [1.165, 1.54) is 5.56 Å². The minimum absolute atomic E-state index is 0.0448. The van der Waals surface area contributed by atoms with Crippen molar-refractivity contribution in [2.24, 2.45) is 0 Å². The van der Waals surface area contributed by atoms with Crippen molar-refractivity contribution in [1.82, 2.24) is 10.3 Å². The molecule has 1 unspecified atom stereocenters. The maximum Gasteiger partial charge on any atom is 0.224 e. The molecule has 0 spiro atoms. The number of carbonyl (C=O) groups excluding carboxylic acids is 1. The number of aromatic hydroxyl groups is 1. The van der Waals surface area contributed by atoms with Gasteiger partial charge in [-0.05, 0) is 80.8 Å². The molecular formula is C24H31N3O3. The van der Waals surface area contributed by atoms with Crippen LogP contribution < -0.4 is 15.4 Å². The summed E-state index contributed by atoms with van der Waals surface area (Å²) in [6, 6.07) is 13.2. The van der Waals surface area contributed by atoms with Crippen LogP contribution >= 0.6 is 0 Å². The predicted molar refractivity (Wildman–Crippen MR) is 121 cm³/mol. The van der Waals surface area contributed by atoms with E-state index in [0.29, 0.717) is 18.2 Å². The maximum atomic E-state index is 12.1. The number of methoxy groups -OCH3 is 1. The zero-order chi connectivity index (χ0) is 21.3. The minimum atomic E-state index is 0.0448. The van der Waals surface area contributed by atoms with Crippen LogP contribution in [0.5, 0.6) is 11.5 Å². The van der Waals surface area contributed by atoms with Crippen LogP contribution in [0.1, 0.15) is 38.2 Å². The minimum Gasteiger partial charge on any atom is -0.508 e. The highest BCUT2D eigenvalue weighted by molar-refractivity contribution is 5.90. The second kappa shape index (κ2) is 10.7. The Balaban J connectivity index is 1.30. The molecule has 6 heteroatoms. The number of hydrogen-bond donors (Lipinski definition) is 4. The van der Waals surface area contributed by atoms with Crippen LogP contribution in [0, 0.1) is 0 Å². The first-order chi connectivity index (χ1) is 14.5. The number of unbranched alkanes of at least 4 members (excludes halogenated alkanes) is 1. The second-order valence-electron chi connectivity index (χ2n) is 7.67. The Bertz CT molecular complexity index is 950. The van der Waals surface area contributed by atoms with Crippen molar-refractivity contribution in [3.05, 3.63) is 54.2 Å². The first-order valence-corrected chi connectivity index (χ1v) is 10.5. The molecular weight excluding hydrogens is 378 g/mol. The standard InChI is InChI=1S/C24H31N3O3/c1-17(25-14-13-18-16-26-23-12-9-20(28)15-22(18)23)5-3-4-6-24(29)27-19-7-10-21(30-2)11-8-19/h7-12,15-17,25-26,28H,3-6,13-14H2,1-2H3,(H,27,29). The number of aromatic amines is 1. The van der Waals surface area contributed by atoms with E-state index in [1.54, 1.807) is 13.2 Å². The molecule has 2 aromatic carbocycles. The molecule has 160 valence electrons. The van der Waals surface area contributed by atoms with Crippen molar-refractivity contribution in [3.63, 3.8) is 0 Å². The van der Waals surface area contributed by atoms with E-state index in [1.807, 2.05) is 42.6 Å². The number of phenols is 1. The number of hydrogen-bond acceptors (Lipinski definition) is 4. The lowest BCUT2D eigenvalue weighted by molar-refractivity contribution is -0.116. The first kappa shape index (κ1) is 21.7. The Kier molecular flexibility index (Phi) is 7.74. The number of aromatic nitrogens is 1. The van der Waals surface area contributed by atoms with Crippen molar-refractivity contribution in [2.75, 3.05) is 19.0 Å². The average Bonchev–Trinajstić information content (AvgIpc) is 3.14. The Labute approximate surface area is 177 Å². The summed E-state index contributed by atoms with van der Waals surface area (Å²) in [6.07, 6.45) is 6.35. The number of nitrogens with one attached hydrogen (secondary N) is 3. The highest BCUT2D eigenvalue weighted by Gasteiger charge is 2.07. The molecule has 0 bridgehead atoms. The average molecular weight is 410 g/mol. The molecule has 0 radical (unpaired) electrons. The van der Waals surface area contributed by atoms with Gasteiger partial charge in [-0.25, -0.2) is 0 Å². The van der Waals surface area contributed by atoms with Gasteiger partial charge in [-0.2, -0.15) is 0 Å². The molecule has 1 atom stereocenters. The lowest BCUT2D eigenvalue weighted by Crippen LogP contribution is -2.28. The molecule has 1 amide bonds. The van der Waals surface area contributed by atoms with Crippen LogP contribution in [0.15, 0.2) is 48.7 Å². The van der Waals surface area contributed by atoms with Gasteiger partial charge < -0.3 is 25.5 Å². The van der Waals surface area contributed by atoms with Gasteiger partial charge in [0.05, 0.1) is 7.11 Å². The fourth-order valence-corrected chi connectivity index (χ4v) is 3.56. The summed E-state index contributed by atoms with van der Waals surface area (Å²) in [4.78, 5) is 15.3. The van der Waals surface area contributed by atoms with E-state index in [4.69, 9.17) is 4.74 Å². The largest absolute Gasteiger partial charge is 0.508 e. The molecule has 4 N–H and O–H groups in total. The third-order valence-electron chi connectivity index (χ3n) is 5.30. The van der Waals surface area contributed by atoms with Crippen molar-refractivity contribution < 1.29 is 14.6 Å². The number of carbonyl (C=O) groups is 1. The number of H-pyrrole nitrogens is 1. The molecule has 1 heterocycles. The third-order valence-corrected chi connectivity index (χ3v) is 5.30. The van der Waals surface area contributed by atoms with Gasteiger partial charge in [0.2, 0.25) is 5.91 Å². The molecule has 30 heavy (non-hydrogen) atoms. The van der Waals surface area contributed by atoms with E-state index in [-0.39, 0.29) is 5.91 Å². The predicted octanol–water partition coefficient (Wildman–Crippen LogP) is 4.60. The smallest absolute Gasteiger partial charge is 0.224 e. The van der Waals surface area contributed by atoms with Crippen LogP contribution in [0.2, 0.25) is 0 Å². The van der Waals surface area contributed by atoms with E-state index in [9.17, 15) is 9.90 Å². The Morgan fingerprint density at radius 2 is 1.97 bits per heavy atom. The molecule has 3 rings (SSSR count). The normalized spacial score (nSPS) is 12.1. The van der Waals surface area contributed by atoms with Crippen LogP contribution in [-0.4, -0.2) is 35.7 Å². The number of benzene rings is 2. The van der Waals surface area contributed by atoms with Gasteiger partial charge in [0.25, 0.3) is 0 Å². The summed E-state index contributed by atoms with van der Waals surface area (Å²) in [5, 5.41) is 17.2. The monoisotopic (exact) mass is 409 g/mol. The molecule has 0 fully saturated rings. The van der Waals surface area contributed by atoms with E-state index in [2.05, 4.69) is 22.5 Å². The van der Waals surface area contributed by atoms with Gasteiger partial charge in [-0.3, -0.25) is 4.79 Å². The SMILES string of the molecule is COc1ccc(NC(=O)CCCCC(C)NCCc2c[nH]c3ccc(O)cc23)cc1. The lowest BCUT2D eigenvalue weighted by atomic mass is 10.1. The lowest BCUT2D eigenvalue weighted by Gasteiger charge is -2.13. The van der Waals surface area contributed by atoms with Crippen LogP contribution in [0.4, 0.5) is 5.69 Å². The summed E-state index contributed by atoms with van der Waals surface area (Å²) in [5.41, 5.74) is 3.04. The molecule has 0 aliphatic carbocycles. The highest BCUT2D eigenvalue weighted by Crippen LogP contribution is 2.23. The van der Waals surface area contributed by atoms with Crippen LogP contribution in [0.3, 0.4) is 0 Å². The van der Waals surface area contributed by atoms with Crippen molar-refractivity contribution in [1.29, 1.82) is 0 Å². The zero-order valence-corrected chi connectivity index (χ0v) is 17.7. The maximum absolute atomic E-state index is 12.1. The van der Waals surface area contributed by atoms with Gasteiger partial charge in [-0.1, -0.05) is 6.42 Å². The fourth-order valence-electron chi connectivity index (χ4n) is 3.56. The molecule has 3 aromatic rings. The van der Waals surface area contributed by atoms with Crippen LogP contribution in [-0.2, 0) is 11.2 Å². The van der Waals surface area contributed by atoms with Gasteiger partial charge in [-0.15, -0.1) is 0 Å². The van der Waals surface area contributed by atoms with Crippen molar-refractivity contribution in [3.8, 4) is 11.5 Å². The Morgan fingerprint density at radius 1 is 1.17 bits per heavy atom. The van der Waals surface area contributed by atoms with Gasteiger partial charge >= 0.3 is 0 Å². The summed E-state index contributed by atoms with van der Waals surface area (Å²) < 4.78 is 5.12. The van der Waals surface area contributed by atoms with Crippen molar-refractivity contribution in [2.45, 2.75) is 45.1 Å². The van der Waals surface area contributed by atoms with E-state index >= 15 is 0 Å². The van der Waals surface area contributed by atoms with Crippen molar-refractivity contribution >= 4 is 22.5 Å². The number of fused-ring (bicyclic) bond motifs is 1. The quantitative estimate of drug-likeness (QED) is 0.349. The molecule has 0 saturated heterocycles. The van der Waals surface area contributed by atoms with Gasteiger partial charge in [0, 0.05) is 35.2 Å². The van der Waals surface area contributed by atoms with Crippen LogP contribution in [0.25, 0.3) is 10.9 Å². The van der Waals surface area contributed by atoms with E-state index in [0.717, 1.165) is 54.6 Å². The highest BCUT2D eigenvalue weighted by atomic mass is 16.5. The van der Waals surface area contributed by atoms with E-state index < -0.39 is 0 Å². The summed E-state index contributed by atoms with van der Waals surface area (Å²) in [6.45, 7) is 3.06. The summed E-state index contributed by atoms with van der Waals surface area (Å²) in [7, 11) is 1.62. The summed E-state index contributed by atoms with van der Waals surface area (Å²) in [5.74, 6) is 1.11. The molecule has 0 aliphatic rings. The van der Waals surface area contributed by atoms with Gasteiger partial charge in [0.1, 0.15) is 11.5 Å². The Hall–Kier alpha value is -2.99. The van der Waals surface area contributed by atoms with Gasteiger partial charge in [0.15, 0.2) is 0 Å². The first-order valence-electron chi connectivity index (χ1n) is 10.5. The number of anilines is 1.